The summed E-state index contributed by atoms with van der Waals surface area (Å²) >= 11 is 0. The number of hydrogen-bond acceptors (Lipinski definition) is 7. The monoisotopic (exact) mass is 524 g/mol. The molecule has 0 unspecified atom stereocenters. The van der Waals surface area contributed by atoms with E-state index >= 15 is 0 Å². The smallest absolute Gasteiger partial charge is 0.262 e. The van der Waals surface area contributed by atoms with E-state index in [1.165, 1.54) is 31.4 Å². The van der Waals surface area contributed by atoms with E-state index in [-0.39, 0.29) is 23.8 Å². The molecule has 0 aliphatic carbocycles. The largest absolute Gasteiger partial charge is 0.497 e. The first-order valence-corrected chi connectivity index (χ1v) is 13.0. The molecule has 0 saturated heterocycles. The summed E-state index contributed by atoms with van der Waals surface area (Å²) in [7, 11) is -2.65. The summed E-state index contributed by atoms with van der Waals surface area (Å²) in [6, 6.07) is 18.4. The standard InChI is InChI=1S/C26H28N4O6S/c1-36-21-9-11-22(12-10-21)37(34,35)30-16-19-14-20(8-7-18(19)15-24(30)26(32)29-33)28-25(31)23(27)13-17-5-3-2-4-6-17/h2-12,14,23-24,33H,13,15-16,27H2,1H3,(H,28,31)(H,29,32)/t23-,24-/m1/s1. The predicted octanol–water partition coefficient (Wildman–Crippen LogP) is 1.82. The van der Waals surface area contributed by atoms with E-state index in [2.05, 4.69) is 5.32 Å². The molecule has 3 aromatic rings. The van der Waals surface area contributed by atoms with Gasteiger partial charge in [0.15, 0.2) is 0 Å². The van der Waals surface area contributed by atoms with Gasteiger partial charge in [0.05, 0.1) is 18.0 Å². The second-order valence-corrected chi connectivity index (χ2v) is 10.6. The van der Waals surface area contributed by atoms with Crippen molar-refractivity contribution in [3.8, 4) is 5.75 Å². The lowest BCUT2D eigenvalue weighted by molar-refractivity contribution is -0.133. The van der Waals surface area contributed by atoms with Crippen LogP contribution in [0.3, 0.4) is 0 Å². The Morgan fingerprint density at radius 1 is 1.08 bits per heavy atom. The fraction of sp³-hybridized carbons (Fsp3) is 0.231. The van der Waals surface area contributed by atoms with Gasteiger partial charge in [0.25, 0.3) is 5.91 Å². The maximum atomic E-state index is 13.5. The predicted molar refractivity (Wildman–Crippen MR) is 136 cm³/mol. The lowest BCUT2D eigenvalue weighted by Crippen LogP contribution is -2.51. The molecule has 0 radical (unpaired) electrons. The van der Waals surface area contributed by atoms with E-state index in [9.17, 15) is 23.2 Å². The molecule has 1 aliphatic heterocycles. The fourth-order valence-electron chi connectivity index (χ4n) is 4.27. The third-order valence-corrected chi connectivity index (χ3v) is 8.14. The Kier molecular flexibility index (Phi) is 7.89. The quantitative estimate of drug-likeness (QED) is 0.259. The maximum Gasteiger partial charge on any atom is 0.262 e. The lowest BCUT2D eigenvalue weighted by atomic mass is 9.95. The lowest BCUT2D eigenvalue weighted by Gasteiger charge is -2.34. The highest BCUT2D eigenvalue weighted by molar-refractivity contribution is 7.89. The molecule has 1 aliphatic rings. The van der Waals surface area contributed by atoms with Crippen LogP contribution in [0.1, 0.15) is 16.7 Å². The van der Waals surface area contributed by atoms with E-state index in [0.717, 1.165) is 15.4 Å². The maximum absolute atomic E-state index is 13.5. The number of anilines is 1. The number of ether oxygens (including phenoxy) is 1. The number of rotatable bonds is 8. The van der Waals surface area contributed by atoms with Crippen LogP contribution in [-0.4, -0.2) is 48.9 Å². The van der Waals surface area contributed by atoms with Gasteiger partial charge in [-0.1, -0.05) is 36.4 Å². The molecule has 4 rings (SSSR count). The molecule has 3 aromatic carbocycles. The van der Waals surface area contributed by atoms with E-state index < -0.39 is 28.0 Å². The number of nitrogens with two attached hydrogens (primary N) is 1. The molecule has 2 amide bonds. The van der Waals surface area contributed by atoms with E-state index in [4.69, 9.17) is 10.5 Å². The Bertz CT molecular complexity index is 1380. The Balaban J connectivity index is 1.57. The van der Waals surface area contributed by atoms with Crippen molar-refractivity contribution in [2.75, 3.05) is 12.4 Å². The number of nitrogens with zero attached hydrogens (tertiary/aromatic N) is 1. The number of fused-ring (bicyclic) bond motifs is 1. The second kappa shape index (κ2) is 11.1. The van der Waals surface area contributed by atoms with Gasteiger partial charge in [-0.15, -0.1) is 0 Å². The summed E-state index contributed by atoms with van der Waals surface area (Å²) in [5.41, 5.74) is 10.4. The minimum absolute atomic E-state index is 0.0242. The van der Waals surface area contributed by atoms with Gasteiger partial charge in [-0.25, -0.2) is 13.9 Å². The number of nitrogens with one attached hydrogen (secondary N) is 2. The first-order chi connectivity index (χ1) is 17.7. The van der Waals surface area contributed by atoms with Crippen LogP contribution in [0, 0.1) is 0 Å². The number of benzene rings is 3. The topological polar surface area (TPSA) is 151 Å². The average Bonchev–Trinajstić information content (AvgIpc) is 2.92. The molecule has 2 atom stereocenters. The zero-order valence-corrected chi connectivity index (χ0v) is 20.9. The number of carbonyl (C=O) groups is 2. The van der Waals surface area contributed by atoms with E-state index in [1.54, 1.807) is 23.7 Å². The molecule has 0 saturated carbocycles. The summed E-state index contributed by atoms with van der Waals surface area (Å²) in [5.74, 6) is -0.731. The summed E-state index contributed by atoms with van der Waals surface area (Å²) in [5, 5.41) is 12.1. The zero-order chi connectivity index (χ0) is 26.6. The highest BCUT2D eigenvalue weighted by Gasteiger charge is 2.39. The molecular formula is C26H28N4O6S. The van der Waals surface area contributed by atoms with Crippen molar-refractivity contribution in [3.63, 3.8) is 0 Å². The Morgan fingerprint density at radius 3 is 2.43 bits per heavy atom. The van der Waals surface area contributed by atoms with Crippen molar-refractivity contribution in [2.24, 2.45) is 5.73 Å². The van der Waals surface area contributed by atoms with Crippen molar-refractivity contribution < 1.29 is 28.0 Å². The molecule has 0 fully saturated rings. The summed E-state index contributed by atoms with van der Waals surface area (Å²) in [6.45, 7) is -0.137. The zero-order valence-electron chi connectivity index (χ0n) is 20.1. The van der Waals surface area contributed by atoms with Crippen molar-refractivity contribution in [3.05, 3.63) is 89.5 Å². The van der Waals surface area contributed by atoms with Crippen LogP contribution in [0.15, 0.2) is 77.7 Å². The third-order valence-electron chi connectivity index (χ3n) is 6.27. The molecule has 10 nitrogen and oxygen atoms in total. The Morgan fingerprint density at radius 2 is 1.78 bits per heavy atom. The van der Waals surface area contributed by atoms with Crippen molar-refractivity contribution in [2.45, 2.75) is 36.4 Å². The highest BCUT2D eigenvalue weighted by atomic mass is 32.2. The Labute approximate surface area is 215 Å². The van der Waals surface area contributed by atoms with Gasteiger partial charge in [-0.05, 0) is 65.9 Å². The molecule has 0 spiro atoms. The first kappa shape index (κ1) is 26.3. The van der Waals surface area contributed by atoms with Crippen LogP contribution in [0.4, 0.5) is 5.69 Å². The summed E-state index contributed by atoms with van der Waals surface area (Å²) < 4.78 is 33.1. The first-order valence-electron chi connectivity index (χ1n) is 11.5. The number of methoxy groups -OCH3 is 1. The molecule has 1 heterocycles. The molecule has 194 valence electrons. The number of hydroxylamine groups is 1. The average molecular weight is 525 g/mol. The van der Waals surface area contributed by atoms with Gasteiger partial charge in [-0.3, -0.25) is 14.8 Å². The van der Waals surface area contributed by atoms with Gasteiger partial charge in [0.1, 0.15) is 11.8 Å². The molecule has 37 heavy (non-hydrogen) atoms. The minimum Gasteiger partial charge on any atom is -0.497 e. The number of amides is 2. The summed E-state index contributed by atoms with van der Waals surface area (Å²) in [4.78, 5) is 25.1. The third kappa shape index (κ3) is 5.81. The molecular weight excluding hydrogens is 496 g/mol. The van der Waals surface area contributed by atoms with Crippen molar-refractivity contribution in [1.82, 2.24) is 9.79 Å². The number of sulfonamides is 1. The van der Waals surface area contributed by atoms with Gasteiger partial charge in [0.2, 0.25) is 15.9 Å². The van der Waals surface area contributed by atoms with Crippen molar-refractivity contribution >= 4 is 27.5 Å². The van der Waals surface area contributed by atoms with Crippen LogP contribution in [0.2, 0.25) is 0 Å². The SMILES string of the molecule is COc1ccc(S(=O)(=O)N2Cc3cc(NC(=O)[C@H](N)Cc4ccccc4)ccc3C[C@@H]2C(=O)NO)cc1. The number of carbonyl (C=O) groups excluding carboxylic acids is 2. The molecule has 5 N–H and O–H groups in total. The fourth-order valence-corrected chi connectivity index (χ4v) is 5.83. The van der Waals surface area contributed by atoms with E-state index in [1.807, 2.05) is 30.3 Å². The van der Waals surface area contributed by atoms with E-state index in [0.29, 0.717) is 23.4 Å². The number of hydrogen-bond donors (Lipinski definition) is 4. The molecule has 0 bridgehead atoms. The Hall–Kier alpha value is -3.77. The van der Waals surface area contributed by atoms with Crippen molar-refractivity contribution in [1.29, 1.82) is 0 Å². The van der Waals surface area contributed by atoms with Gasteiger partial charge < -0.3 is 15.8 Å². The van der Waals surface area contributed by atoms with Gasteiger partial charge >= 0.3 is 0 Å². The second-order valence-electron chi connectivity index (χ2n) is 8.69. The van der Waals surface area contributed by atoms with Crippen LogP contribution >= 0.6 is 0 Å². The molecule has 11 heteroatoms. The van der Waals surface area contributed by atoms with Crippen LogP contribution in [0.5, 0.6) is 5.75 Å². The van der Waals surface area contributed by atoms with Crippen LogP contribution < -0.4 is 21.3 Å². The highest BCUT2D eigenvalue weighted by Crippen LogP contribution is 2.31. The van der Waals surface area contributed by atoms with Crippen LogP contribution in [0.25, 0.3) is 0 Å². The van der Waals surface area contributed by atoms with Gasteiger partial charge in [-0.2, -0.15) is 4.31 Å². The van der Waals surface area contributed by atoms with Gasteiger partial charge in [0, 0.05) is 12.2 Å². The normalized spacial score (nSPS) is 16.4. The van der Waals surface area contributed by atoms with Crippen LogP contribution in [-0.2, 0) is 39.0 Å². The molecule has 0 aromatic heterocycles. The summed E-state index contributed by atoms with van der Waals surface area (Å²) in [6.07, 6.45) is 0.405. The minimum atomic E-state index is -4.12.